The third-order valence-electron chi connectivity index (χ3n) is 2.56. The Labute approximate surface area is 109 Å². The number of hydrogen-bond acceptors (Lipinski definition) is 3. The van der Waals surface area contributed by atoms with Crippen LogP contribution in [0, 0.1) is 5.82 Å². The first-order chi connectivity index (χ1) is 9.08. The molecule has 0 radical (unpaired) electrons. The summed E-state index contributed by atoms with van der Waals surface area (Å²) in [5.41, 5.74) is 1.24. The summed E-state index contributed by atoms with van der Waals surface area (Å²) in [6.45, 7) is 1.45. The molecule has 0 fully saturated rings. The fourth-order valence-corrected chi connectivity index (χ4v) is 1.52. The number of rotatable bonds is 1. The second-order valence-corrected chi connectivity index (χ2v) is 3.95. The molecule has 4 heteroatoms. The molecule has 0 atom stereocenters. The average molecular weight is 258 g/mol. The second kappa shape index (κ2) is 5.44. The van der Waals surface area contributed by atoms with Crippen LogP contribution in [-0.2, 0) is 0 Å². The van der Waals surface area contributed by atoms with Crippen molar-refractivity contribution >= 4 is 11.8 Å². The molecule has 0 bridgehead atoms. The van der Waals surface area contributed by atoms with Crippen molar-refractivity contribution in [1.29, 1.82) is 0 Å². The minimum absolute atomic E-state index is 0.0417. The fraction of sp³-hybridized carbons (Fsp3) is 0.0667. The molecule has 1 aliphatic rings. The van der Waals surface area contributed by atoms with Gasteiger partial charge in [0, 0.05) is 5.56 Å². The molecule has 3 rings (SSSR count). The Morgan fingerprint density at radius 2 is 1.68 bits per heavy atom. The normalized spacial score (nSPS) is 11.4. The summed E-state index contributed by atoms with van der Waals surface area (Å²) < 4.78 is 16.9. The van der Waals surface area contributed by atoms with Crippen LogP contribution in [0.25, 0.3) is 0 Å². The van der Waals surface area contributed by atoms with E-state index in [4.69, 9.17) is 0 Å². The number of ketones is 1. The lowest BCUT2D eigenvalue weighted by atomic mass is 10.1. The second-order valence-electron chi connectivity index (χ2n) is 3.95. The van der Waals surface area contributed by atoms with E-state index in [-0.39, 0.29) is 17.6 Å². The first-order valence-electron chi connectivity index (χ1n) is 5.65. The lowest BCUT2D eigenvalue weighted by Gasteiger charge is -2.15. The summed E-state index contributed by atoms with van der Waals surface area (Å²) in [5, 5.41) is 0. The standard InChI is InChI=1S/C8H7FO.C7H4O2/c1-6(10)7-2-4-8(9)5-3-7;8-7-5-3-1-2-4-6(5)9-7/h2-5H,1H3;1-4H. The Balaban J connectivity index is 0.000000141. The van der Waals surface area contributed by atoms with Gasteiger partial charge < -0.3 is 4.74 Å². The summed E-state index contributed by atoms with van der Waals surface area (Å²) in [5.74, 6) is 0.123. The quantitative estimate of drug-likeness (QED) is 0.582. The smallest absolute Gasteiger partial charge is 0.347 e. The number of carbonyl (C=O) groups excluding carboxylic acids is 2. The zero-order valence-corrected chi connectivity index (χ0v) is 10.2. The van der Waals surface area contributed by atoms with E-state index >= 15 is 0 Å². The number of carbonyl (C=O) groups is 2. The average Bonchev–Trinajstić information content (AvgIpc) is 2.39. The zero-order valence-electron chi connectivity index (χ0n) is 10.2. The first kappa shape index (κ1) is 13.0. The molecule has 96 valence electrons. The molecule has 0 aliphatic carbocycles. The molecule has 1 heterocycles. The number of para-hydroxylation sites is 1. The minimum atomic E-state index is -0.315. The molecule has 3 nitrogen and oxygen atoms in total. The van der Waals surface area contributed by atoms with Crippen molar-refractivity contribution in [1.82, 2.24) is 0 Å². The van der Waals surface area contributed by atoms with E-state index < -0.39 is 0 Å². The van der Waals surface area contributed by atoms with E-state index in [1.54, 1.807) is 12.1 Å². The largest absolute Gasteiger partial charge is 0.422 e. The molecular formula is C15H11FO3. The Hall–Kier alpha value is -2.49. The minimum Gasteiger partial charge on any atom is -0.422 e. The van der Waals surface area contributed by atoms with Gasteiger partial charge in [-0.15, -0.1) is 0 Å². The van der Waals surface area contributed by atoms with Gasteiger partial charge in [-0.3, -0.25) is 4.79 Å². The molecule has 2 aromatic carbocycles. The van der Waals surface area contributed by atoms with Crippen LogP contribution >= 0.6 is 0 Å². The van der Waals surface area contributed by atoms with Crippen molar-refractivity contribution in [2.75, 3.05) is 0 Å². The predicted molar refractivity (Wildman–Crippen MR) is 67.8 cm³/mol. The maximum absolute atomic E-state index is 12.2. The Morgan fingerprint density at radius 3 is 2.16 bits per heavy atom. The Bertz CT molecular complexity index is 618. The van der Waals surface area contributed by atoms with Crippen LogP contribution in [0.15, 0.2) is 48.5 Å². The number of esters is 1. The molecule has 0 aromatic heterocycles. The molecule has 0 amide bonds. The highest BCUT2D eigenvalue weighted by Crippen LogP contribution is 2.27. The van der Waals surface area contributed by atoms with Gasteiger partial charge in [0.15, 0.2) is 5.78 Å². The maximum atomic E-state index is 12.2. The van der Waals surface area contributed by atoms with Gasteiger partial charge in [0.05, 0.1) is 0 Å². The summed E-state index contributed by atoms with van der Waals surface area (Å²) in [6.07, 6.45) is 0. The van der Waals surface area contributed by atoms with Crippen LogP contribution < -0.4 is 4.74 Å². The topological polar surface area (TPSA) is 43.4 Å². The Morgan fingerprint density at radius 1 is 1.05 bits per heavy atom. The van der Waals surface area contributed by atoms with E-state index in [0.29, 0.717) is 16.9 Å². The fourth-order valence-electron chi connectivity index (χ4n) is 1.52. The summed E-state index contributed by atoms with van der Waals surface area (Å²) in [7, 11) is 0. The van der Waals surface area contributed by atoms with Gasteiger partial charge in [-0.2, -0.15) is 0 Å². The van der Waals surface area contributed by atoms with Crippen LogP contribution in [0.5, 0.6) is 5.75 Å². The first-order valence-corrected chi connectivity index (χ1v) is 5.65. The summed E-state index contributed by atoms with van der Waals surface area (Å²) in [4.78, 5) is 21.1. The lowest BCUT2D eigenvalue weighted by Crippen LogP contribution is -2.19. The van der Waals surface area contributed by atoms with Crippen LogP contribution in [0.4, 0.5) is 4.39 Å². The maximum Gasteiger partial charge on any atom is 0.347 e. The summed E-state index contributed by atoms with van der Waals surface area (Å²) in [6, 6.07) is 12.7. The number of Topliss-reactive ketones (excluding diaryl/α,β-unsaturated/α-hetero) is 1. The van der Waals surface area contributed by atoms with Crippen LogP contribution in [0.1, 0.15) is 27.6 Å². The SMILES string of the molecule is CC(=O)c1ccc(F)cc1.O=C1Oc2ccccc21. The van der Waals surface area contributed by atoms with Gasteiger partial charge in [0.25, 0.3) is 0 Å². The van der Waals surface area contributed by atoms with Crippen molar-refractivity contribution in [3.8, 4) is 5.75 Å². The van der Waals surface area contributed by atoms with Crippen molar-refractivity contribution in [3.63, 3.8) is 0 Å². The molecule has 0 saturated heterocycles. The third kappa shape index (κ3) is 3.04. The lowest BCUT2D eigenvalue weighted by molar-refractivity contribution is 0.0658. The van der Waals surface area contributed by atoms with Crippen LogP contribution in [-0.4, -0.2) is 11.8 Å². The van der Waals surface area contributed by atoms with Crippen molar-refractivity contribution in [2.45, 2.75) is 6.92 Å². The molecule has 0 saturated carbocycles. The third-order valence-corrected chi connectivity index (χ3v) is 2.56. The van der Waals surface area contributed by atoms with Crippen LogP contribution in [0.2, 0.25) is 0 Å². The molecule has 19 heavy (non-hydrogen) atoms. The Kier molecular flexibility index (Phi) is 3.71. The van der Waals surface area contributed by atoms with E-state index in [0.717, 1.165) is 0 Å². The molecule has 0 unspecified atom stereocenters. The van der Waals surface area contributed by atoms with Gasteiger partial charge in [-0.05, 0) is 43.3 Å². The van der Waals surface area contributed by atoms with E-state index in [9.17, 15) is 14.0 Å². The number of ether oxygens (including phenoxy) is 1. The van der Waals surface area contributed by atoms with Crippen molar-refractivity contribution < 1.29 is 18.7 Å². The van der Waals surface area contributed by atoms with Crippen LogP contribution in [0.3, 0.4) is 0 Å². The van der Waals surface area contributed by atoms with Gasteiger partial charge in [0.1, 0.15) is 17.1 Å². The summed E-state index contributed by atoms with van der Waals surface area (Å²) >= 11 is 0. The van der Waals surface area contributed by atoms with Gasteiger partial charge in [0.2, 0.25) is 0 Å². The molecule has 2 aromatic rings. The predicted octanol–water partition coefficient (Wildman–Crippen LogP) is 3.25. The van der Waals surface area contributed by atoms with Gasteiger partial charge >= 0.3 is 5.97 Å². The van der Waals surface area contributed by atoms with Crippen molar-refractivity contribution in [2.24, 2.45) is 0 Å². The number of halogens is 1. The number of hydrogen-bond donors (Lipinski definition) is 0. The molecule has 0 N–H and O–H groups in total. The highest BCUT2D eigenvalue weighted by Gasteiger charge is 2.23. The number of fused-ring (bicyclic) bond motifs is 1. The van der Waals surface area contributed by atoms with Crippen molar-refractivity contribution in [3.05, 3.63) is 65.5 Å². The van der Waals surface area contributed by atoms with Gasteiger partial charge in [-0.25, -0.2) is 9.18 Å². The molecule has 0 spiro atoms. The van der Waals surface area contributed by atoms with E-state index in [1.165, 1.54) is 31.2 Å². The highest BCUT2D eigenvalue weighted by atomic mass is 19.1. The molecular weight excluding hydrogens is 247 g/mol. The number of benzene rings is 2. The monoisotopic (exact) mass is 258 g/mol. The van der Waals surface area contributed by atoms with Gasteiger partial charge in [-0.1, -0.05) is 12.1 Å². The zero-order chi connectivity index (χ0) is 13.8. The van der Waals surface area contributed by atoms with E-state index in [1.807, 2.05) is 12.1 Å². The van der Waals surface area contributed by atoms with E-state index in [2.05, 4.69) is 4.74 Å². The highest BCUT2D eigenvalue weighted by molar-refractivity contribution is 6.01. The molecule has 1 aliphatic heterocycles.